The van der Waals surface area contributed by atoms with Crippen LogP contribution in [0.1, 0.15) is 32.1 Å². The maximum atomic E-state index is 13.5. The molecule has 2 saturated carbocycles. The molecule has 23 heavy (non-hydrogen) atoms. The van der Waals surface area contributed by atoms with Crippen LogP contribution in [0.5, 0.6) is 0 Å². The van der Waals surface area contributed by atoms with Crippen LogP contribution in [0.25, 0.3) is 0 Å². The van der Waals surface area contributed by atoms with Gasteiger partial charge in [0.25, 0.3) is 5.78 Å². The Labute approximate surface area is 130 Å². The van der Waals surface area contributed by atoms with Crippen LogP contribution in [0.15, 0.2) is 0 Å². The Morgan fingerprint density at radius 3 is 2.48 bits per heavy atom. The Kier molecular flexibility index (Phi) is 3.42. The number of Topliss-reactive ketones (excluding diaryl/α,β-unsaturated/α-hetero) is 2. The molecule has 4 rings (SSSR count). The van der Waals surface area contributed by atoms with E-state index in [0.717, 1.165) is 0 Å². The third-order valence-corrected chi connectivity index (χ3v) is 5.87. The minimum atomic E-state index is -6.04. The van der Waals surface area contributed by atoms with Gasteiger partial charge in [-0.1, -0.05) is 0 Å². The van der Waals surface area contributed by atoms with Gasteiger partial charge < -0.3 is 4.74 Å². The molecular formula is C13H14F2O7S. The van der Waals surface area contributed by atoms with Gasteiger partial charge >= 0.3 is 21.3 Å². The zero-order chi connectivity index (χ0) is 17.2. The minimum Gasteiger partial charge on any atom is -0.462 e. The number of carbonyl (C=O) groups is 3. The predicted octanol–water partition coefficient (Wildman–Crippen LogP) is 0.727. The second-order valence-corrected chi connectivity index (χ2v) is 8.10. The first-order valence-electron chi connectivity index (χ1n) is 7.11. The maximum Gasteiger partial charge on any atom is 0.434 e. The number of hydrogen-bond donors (Lipinski definition) is 1. The van der Waals surface area contributed by atoms with E-state index in [-0.39, 0.29) is 25.2 Å². The van der Waals surface area contributed by atoms with Gasteiger partial charge in [-0.05, 0) is 38.0 Å². The van der Waals surface area contributed by atoms with Gasteiger partial charge in [0.15, 0.2) is 0 Å². The van der Waals surface area contributed by atoms with Crippen LogP contribution >= 0.6 is 0 Å². The van der Waals surface area contributed by atoms with Crippen molar-refractivity contribution < 1.29 is 40.9 Å². The van der Waals surface area contributed by atoms with E-state index in [4.69, 9.17) is 9.29 Å². The van der Waals surface area contributed by atoms with Gasteiger partial charge in [-0.25, -0.2) is 0 Å². The topological polar surface area (TPSA) is 115 Å². The molecule has 4 atom stereocenters. The van der Waals surface area contributed by atoms with E-state index in [1.807, 2.05) is 0 Å². The number of rotatable bonds is 4. The predicted molar refractivity (Wildman–Crippen MR) is 68.9 cm³/mol. The van der Waals surface area contributed by atoms with Crippen molar-refractivity contribution >= 4 is 27.7 Å². The van der Waals surface area contributed by atoms with Crippen LogP contribution < -0.4 is 0 Å². The highest BCUT2D eigenvalue weighted by Crippen LogP contribution is 2.55. The van der Waals surface area contributed by atoms with Crippen molar-refractivity contribution in [2.24, 2.45) is 17.3 Å². The summed E-state index contributed by atoms with van der Waals surface area (Å²) >= 11 is 0. The monoisotopic (exact) mass is 352 g/mol. The van der Waals surface area contributed by atoms with Crippen molar-refractivity contribution in [2.75, 3.05) is 0 Å². The Morgan fingerprint density at radius 2 is 1.87 bits per heavy atom. The number of ether oxygens (including phenoxy) is 1. The molecule has 0 aromatic carbocycles. The number of alkyl halides is 2. The van der Waals surface area contributed by atoms with Gasteiger partial charge in [-0.3, -0.25) is 18.9 Å². The van der Waals surface area contributed by atoms with E-state index in [1.54, 1.807) is 0 Å². The Balaban J connectivity index is 1.96. The first-order chi connectivity index (χ1) is 10.5. The summed E-state index contributed by atoms with van der Waals surface area (Å²) in [6, 6.07) is 0. The Morgan fingerprint density at radius 1 is 1.22 bits per heavy atom. The second-order valence-electron chi connectivity index (χ2n) is 6.64. The molecule has 2 heterocycles. The summed E-state index contributed by atoms with van der Waals surface area (Å²) in [5.74, 6) is -5.28. The smallest absolute Gasteiger partial charge is 0.434 e. The van der Waals surface area contributed by atoms with Gasteiger partial charge in [-0.2, -0.15) is 17.2 Å². The summed E-state index contributed by atoms with van der Waals surface area (Å²) in [6.45, 7) is 0. The van der Waals surface area contributed by atoms with E-state index < -0.39 is 50.3 Å². The van der Waals surface area contributed by atoms with Crippen molar-refractivity contribution in [3.8, 4) is 0 Å². The third kappa shape index (κ3) is 2.38. The normalized spacial score (nSPS) is 36.5. The fraction of sp³-hybridized carbons (Fsp3) is 0.769. The molecule has 0 aromatic heterocycles. The largest absolute Gasteiger partial charge is 0.462 e. The fourth-order valence-corrected chi connectivity index (χ4v) is 4.54. The molecule has 7 nitrogen and oxygen atoms in total. The molecule has 2 aliphatic carbocycles. The summed E-state index contributed by atoms with van der Waals surface area (Å²) in [6.07, 6.45) is 0.295. The number of hydrogen-bond acceptors (Lipinski definition) is 6. The number of fused-ring (bicyclic) bond motifs is 1. The molecule has 2 saturated heterocycles. The molecule has 0 radical (unpaired) electrons. The van der Waals surface area contributed by atoms with Gasteiger partial charge in [0.2, 0.25) is 5.78 Å². The van der Waals surface area contributed by atoms with Crippen LogP contribution in [0.2, 0.25) is 0 Å². The molecule has 4 unspecified atom stereocenters. The number of ketones is 2. The van der Waals surface area contributed by atoms with Crippen LogP contribution in [0.3, 0.4) is 0 Å². The van der Waals surface area contributed by atoms with Gasteiger partial charge in [0.1, 0.15) is 6.10 Å². The van der Waals surface area contributed by atoms with E-state index >= 15 is 0 Å². The zero-order valence-corrected chi connectivity index (χ0v) is 12.6. The molecule has 10 heteroatoms. The van der Waals surface area contributed by atoms with Crippen LogP contribution in [-0.2, 0) is 29.2 Å². The third-order valence-electron chi connectivity index (χ3n) is 5.04. The first-order valence-corrected chi connectivity index (χ1v) is 8.55. The van der Waals surface area contributed by atoms with Crippen molar-refractivity contribution in [3.05, 3.63) is 0 Å². The highest BCUT2D eigenvalue weighted by molar-refractivity contribution is 7.87. The molecule has 4 bridgehead atoms. The van der Waals surface area contributed by atoms with Crippen LogP contribution in [-0.4, -0.2) is 41.9 Å². The lowest BCUT2D eigenvalue weighted by atomic mass is 9.57. The number of halogens is 2. The highest BCUT2D eigenvalue weighted by Gasteiger charge is 2.63. The lowest BCUT2D eigenvalue weighted by molar-refractivity contribution is -0.155. The molecule has 0 spiro atoms. The quantitative estimate of drug-likeness (QED) is 0.450. The lowest BCUT2D eigenvalue weighted by Crippen LogP contribution is -2.52. The number of carbonyl (C=O) groups excluding carboxylic acids is 3. The van der Waals surface area contributed by atoms with E-state index in [1.165, 1.54) is 0 Å². The van der Waals surface area contributed by atoms with E-state index in [2.05, 4.69) is 0 Å². The van der Waals surface area contributed by atoms with Crippen molar-refractivity contribution in [2.45, 2.75) is 43.5 Å². The standard InChI is InChI=1S/C13H14F2O7S/c14-13(15,23(19,20)21)10(17)9(16)12-3-6-1-7(4-12)11(18)22-8(2-6)5-12/h6-8H,1-5H2,(H,19,20,21). The Hall–Kier alpha value is -1.42. The van der Waals surface area contributed by atoms with Gasteiger partial charge in [-0.15, -0.1) is 0 Å². The van der Waals surface area contributed by atoms with E-state index in [0.29, 0.717) is 12.8 Å². The maximum absolute atomic E-state index is 13.5. The first kappa shape index (κ1) is 16.4. The van der Waals surface area contributed by atoms with Gasteiger partial charge in [0.05, 0.1) is 5.92 Å². The van der Waals surface area contributed by atoms with E-state index in [9.17, 15) is 31.6 Å². The molecule has 128 valence electrons. The molecular weight excluding hydrogens is 338 g/mol. The fourth-order valence-electron chi connectivity index (χ4n) is 4.21. The second kappa shape index (κ2) is 4.79. The summed E-state index contributed by atoms with van der Waals surface area (Å²) in [4.78, 5) is 36.0. The van der Waals surface area contributed by atoms with Crippen LogP contribution in [0, 0.1) is 17.3 Å². The van der Waals surface area contributed by atoms with Crippen molar-refractivity contribution in [1.82, 2.24) is 0 Å². The van der Waals surface area contributed by atoms with Crippen LogP contribution in [0.4, 0.5) is 8.78 Å². The minimum absolute atomic E-state index is 0.0716. The SMILES string of the molecule is O=C1OC2CC3CC1CC(C(=O)C(=O)C(F)(F)S(=O)(=O)O)(C3)C2. The molecule has 1 N–H and O–H groups in total. The summed E-state index contributed by atoms with van der Waals surface area (Å²) in [7, 11) is -6.04. The molecule has 4 aliphatic rings. The Bertz CT molecular complexity index is 701. The average Bonchev–Trinajstić information content (AvgIpc) is 2.58. The summed E-state index contributed by atoms with van der Waals surface area (Å²) < 4.78 is 62.2. The van der Waals surface area contributed by atoms with Crippen molar-refractivity contribution in [3.63, 3.8) is 0 Å². The molecule has 4 fully saturated rings. The highest BCUT2D eigenvalue weighted by atomic mass is 32.2. The molecule has 2 aliphatic heterocycles. The molecule has 0 aromatic rings. The summed E-state index contributed by atoms with van der Waals surface area (Å²) in [5, 5.41) is -5.19. The average molecular weight is 352 g/mol. The zero-order valence-electron chi connectivity index (χ0n) is 11.8. The lowest BCUT2D eigenvalue weighted by Gasteiger charge is -2.44. The van der Waals surface area contributed by atoms with Crippen molar-refractivity contribution in [1.29, 1.82) is 0 Å². The number of esters is 1. The van der Waals surface area contributed by atoms with Gasteiger partial charge in [0, 0.05) is 5.41 Å². The summed E-state index contributed by atoms with van der Waals surface area (Å²) in [5.41, 5.74) is -1.52. The molecule has 0 amide bonds.